The normalized spacial score (nSPS) is 14.0. The van der Waals surface area contributed by atoms with Gasteiger partial charge in [-0.15, -0.1) is 11.8 Å². The fraction of sp³-hybridized carbons (Fsp3) is 0.278. The van der Waals surface area contributed by atoms with Crippen LogP contribution in [-0.4, -0.2) is 18.3 Å². The standard InChI is InChI=1S/C18H19NO2S/c1-13(12-22-16-5-3-2-4-6-16)18(20)19-15-7-8-17-14(11-15)9-10-21-17/h2-8,11,13H,9-10,12H2,1H3,(H,19,20). The van der Waals surface area contributed by atoms with Gasteiger partial charge >= 0.3 is 0 Å². The SMILES string of the molecule is CC(CSc1ccccc1)C(=O)Nc1ccc2c(c1)CCO2. The summed E-state index contributed by atoms with van der Waals surface area (Å²) < 4.78 is 5.48. The number of benzene rings is 2. The molecule has 0 bridgehead atoms. The van der Waals surface area contributed by atoms with Crippen LogP contribution in [0, 0.1) is 5.92 Å². The monoisotopic (exact) mass is 313 g/mol. The molecule has 3 rings (SSSR count). The van der Waals surface area contributed by atoms with E-state index in [2.05, 4.69) is 17.4 Å². The molecule has 1 N–H and O–H groups in total. The third-order valence-corrected chi connectivity index (χ3v) is 4.92. The van der Waals surface area contributed by atoms with Gasteiger partial charge in [0.15, 0.2) is 0 Å². The van der Waals surface area contributed by atoms with Crippen molar-refractivity contribution in [3.8, 4) is 5.75 Å². The number of nitrogens with one attached hydrogen (secondary N) is 1. The number of ether oxygens (including phenoxy) is 1. The first kappa shape index (κ1) is 15.0. The fourth-order valence-electron chi connectivity index (χ4n) is 2.34. The number of fused-ring (bicyclic) bond motifs is 1. The summed E-state index contributed by atoms with van der Waals surface area (Å²) in [7, 11) is 0. The molecule has 1 amide bonds. The zero-order chi connectivity index (χ0) is 15.4. The van der Waals surface area contributed by atoms with Crippen molar-refractivity contribution in [2.75, 3.05) is 17.7 Å². The molecule has 1 unspecified atom stereocenters. The first-order valence-electron chi connectivity index (χ1n) is 7.47. The minimum absolute atomic E-state index is 0.0466. The summed E-state index contributed by atoms with van der Waals surface area (Å²) >= 11 is 1.71. The van der Waals surface area contributed by atoms with Gasteiger partial charge in [-0.2, -0.15) is 0 Å². The molecule has 2 aromatic rings. The molecule has 3 nitrogen and oxygen atoms in total. The Labute approximate surface area is 135 Å². The van der Waals surface area contributed by atoms with E-state index < -0.39 is 0 Å². The van der Waals surface area contributed by atoms with Crippen LogP contribution < -0.4 is 10.1 Å². The molecule has 0 aliphatic carbocycles. The molecule has 0 saturated heterocycles. The Hall–Kier alpha value is -1.94. The number of hydrogen-bond acceptors (Lipinski definition) is 3. The third-order valence-electron chi connectivity index (χ3n) is 3.65. The molecule has 0 fully saturated rings. The summed E-state index contributed by atoms with van der Waals surface area (Å²) in [4.78, 5) is 13.5. The third kappa shape index (κ3) is 3.63. The summed E-state index contributed by atoms with van der Waals surface area (Å²) in [6, 6.07) is 16.0. The Morgan fingerprint density at radius 3 is 2.91 bits per heavy atom. The average Bonchev–Trinajstić information content (AvgIpc) is 3.01. The number of rotatable bonds is 5. The molecule has 1 aliphatic rings. The lowest BCUT2D eigenvalue weighted by Crippen LogP contribution is -2.22. The molecule has 1 aliphatic heterocycles. The van der Waals surface area contributed by atoms with E-state index in [0.717, 1.165) is 30.2 Å². The largest absolute Gasteiger partial charge is 0.493 e. The number of anilines is 1. The van der Waals surface area contributed by atoms with E-state index in [0.29, 0.717) is 0 Å². The smallest absolute Gasteiger partial charge is 0.228 e. The first-order chi connectivity index (χ1) is 10.7. The maximum atomic E-state index is 12.3. The maximum absolute atomic E-state index is 12.3. The number of carbonyl (C=O) groups excluding carboxylic acids is 1. The van der Waals surface area contributed by atoms with Crippen molar-refractivity contribution in [1.29, 1.82) is 0 Å². The highest BCUT2D eigenvalue weighted by Gasteiger charge is 2.16. The average molecular weight is 313 g/mol. The summed E-state index contributed by atoms with van der Waals surface area (Å²) in [5.41, 5.74) is 2.02. The van der Waals surface area contributed by atoms with Crippen LogP contribution in [0.2, 0.25) is 0 Å². The van der Waals surface area contributed by atoms with Crippen molar-refractivity contribution in [2.24, 2.45) is 5.92 Å². The van der Waals surface area contributed by atoms with Crippen LogP contribution in [0.4, 0.5) is 5.69 Å². The molecule has 1 atom stereocenters. The van der Waals surface area contributed by atoms with E-state index in [-0.39, 0.29) is 11.8 Å². The molecule has 0 spiro atoms. The molecular weight excluding hydrogens is 294 g/mol. The maximum Gasteiger partial charge on any atom is 0.228 e. The van der Waals surface area contributed by atoms with Gasteiger partial charge < -0.3 is 10.1 Å². The van der Waals surface area contributed by atoms with Gasteiger partial charge in [0, 0.05) is 28.7 Å². The Kier molecular flexibility index (Phi) is 4.68. The molecule has 22 heavy (non-hydrogen) atoms. The van der Waals surface area contributed by atoms with Crippen molar-refractivity contribution in [2.45, 2.75) is 18.2 Å². The fourth-order valence-corrected chi connectivity index (χ4v) is 3.29. The van der Waals surface area contributed by atoms with E-state index in [1.807, 2.05) is 43.3 Å². The molecule has 0 saturated carbocycles. The van der Waals surface area contributed by atoms with E-state index in [4.69, 9.17) is 4.74 Å². The summed E-state index contributed by atoms with van der Waals surface area (Å²) in [5, 5.41) is 3.00. The van der Waals surface area contributed by atoms with Crippen LogP contribution in [0.1, 0.15) is 12.5 Å². The summed E-state index contributed by atoms with van der Waals surface area (Å²) in [5.74, 6) is 1.71. The van der Waals surface area contributed by atoms with Crippen molar-refractivity contribution < 1.29 is 9.53 Å². The van der Waals surface area contributed by atoms with Crippen molar-refractivity contribution >= 4 is 23.4 Å². The van der Waals surface area contributed by atoms with Crippen LogP contribution in [-0.2, 0) is 11.2 Å². The minimum Gasteiger partial charge on any atom is -0.493 e. The summed E-state index contributed by atoms with van der Waals surface area (Å²) in [6.45, 7) is 2.69. The predicted octanol–water partition coefficient (Wildman–Crippen LogP) is 3.99. The first-order valence-corrected chi connectivity index (χ1v) is 8.45. The second kappa shape index (κ2) is 6.88. The van der Waals surface area contributed by atoms with Crippen molar-refractivity contribution in [3.63, 3.8) is 0 Å². The molecule has 2 aromatic carbocycles. The van der Waals surface area contributed by atoms with Crippen LogP contribution in [0.25, 0.3) is 0 Å². The lowest BCUT2D eigenvalue weighted by atomic mass is 10.1. The van der Waals surface area contributed by atoms with Crippen LogP contribution >= 0.6 is 11.8 Å². The van der Waals surface area contributed by atoms with Gasteiger partial charge in [-0.1, -0.05) is 25.1 Å². The number of hydrogen-bond donors (Lipinski definition) is 1. The van der Waals surface area contributed by atoms with Gasteiger partial charge in [-0.05, 0) is 35.9 Å². The van der Waals surface area contributed by atoms with E-state index in [9.17, 15) is 4.79 Å². The molecule has 114 valence electrons. The van der Waals surface area contributed by atoms with Gasteiger partial charge in [0.2, 0.25) is 5.91 Å². The second-order valence-corrected chi connectivity index (χ2v) is 6.53. The lowest BCUT2D eigenvalue weighted by molar-refractivity contribution is -0.118. The van der Waals surface area contributed by atoms with Gasteiger partial charge in [0.25, 0.3) is 0 Å². The lowest BCUT2D eigenvalue weighted by Gasteiger charge is -2.12. The second-order valence-electron chi connectivity index (χ2n) is 5.44. The van der Waals surface area contributed by atoms with Crippen LogP contribution in [0.5, 0.6) is 5.75 Å². The van der Waals surface area contributed by atoms with Gasteiger partial charge in [-0.3, -0.25) is 4.79 Å². The highest BCUT2D eigenvalue weighted by Crippen LogP contribution is 2.28. The summed E-state index contributed by atoms with van der Waals surface area (Å²) in [6.07, 6.45) is 0.915. The molecule has 0 radical (unpaired) electrons. The Morgan fingerprint density at radius 1 is 1.27 bits per heavy atom. The minimum atomic E-state index is -0.0466. The van der Waals surface area contributed by atoms with Crippen LogP contribution in [0.3, 0.4) is 0 Å². The molecule has 1 heterocycles. The highest BCUT2D eigenvalue weighted by molar-refractivity contribution is 7.99. The van der Waals surface area contributed by atoms with Crippen molar-refractivity contribution in [3.05, 3.63) is 54.1 Å². The Morgan fingerprint density at radius 2 is 2.09 bits per heavy atom. The van der Waals surface area contributed by atoms with Crippen molar-refractivity contribution in [1.82, 2.24) is 0 Å². The Balaban J connectivity index is 1.55. The van der Waals surface area contributed by atoms with E-state index >= 15 is 0 Å². The number of carbonyl (C=O) groups is 1. The zero-order valence-corrected chi connectivity index (χ0v) is 13.4. The predicted molar refractivity (Wildman–Crippen MR) is 90.6 cm³/mol. The zero-order valence-electron chi connectivity index (χ0n) is 12.5. The topological polar surface area (TPSA) is 38.3 Å². The number of thioether (sulfide) groups is 1. The highest BCUT2D eigenvalue weighted by atomic mass is 32.2. The van der Waals surface area contributed by atoms with E-state index in [1.54, 1.807) is 11.8 Å². The van der Waals surface area contributed by atoms with Gasteiger partial charge in [0.1, 0.15) is 5.75 Å². The van der Waals surface area contributed by atoms with E-state index in [1.165, 1.54) is 10.5 Å². The van der Waals surface area contributed by atoms with Gasteiger partial charge in [0.05, 0.1) is 6.61 Å². The number of amides is 1. The molecule has 4 heteroatoms. The quantitative estimate of drug-likeness (QED) is 0.848. The Bertz CT molecular complexity index is 657. The molecule has 0 aromatic heterocycles. The van der Waals surface area contributed by atoms with Crippen LogP contribution in [0.15, 0.2) is 53.4 Å². The van der Waals surface area contributed by atoms with Gasteiger partial charge in [-0.25, -0.2) is 0 Å². The molecular formula is C18H19NO2S.